The van der Waals surface area contributed by atoms with Gasteiger partial charge in [0.05, 0.1) is 5.56 Å². The van der Waals surface area contributed by atoms with E-state index in [0.29, 0.717) is 5.56 Å². The summed E-state index contributed by atoms with van der Waals surface area (Å²) in [5.74, 6) is -0.894. The Hall–Kier alpha value is -2.13. The third-order valence-electron chi connectivity index (χ3n) is 3.45. The lowest BCUT2D eigenvalue weighted by Crippen LogP contribution is -2.21. The Morgan fingerprint density at radius 3 is 1.81 bits per heavy atom. The summed E-state index contributed by atoms with van der Waals surface area (Å²) in [5.41, 5.74) is 2.43. The van der Waals surface area contributed by atoms with Gasteiger partial charge in [-0.1, -0.05) is 48.9 Å². The largest absolute Gasteiger partial charge is 0.478 e. The van der Waals surface area contributed by atoms with Crippen molar-refractivity contribution in [1.82, 2.24) is 5.32 Å². The molecule has 3 heteroatoms. The smallest absolute Gasteiger partial charge is 0.335 e. The maximum Gasteiger partial charge on any atom is 0.335 e. The normalized spacial score (nSPS) is 13.9. The van der Waals surface area contributed by atoms with E-state index in [1.807, 2.05) is 42.5 Å². The van der Waals surface area contributed by atoms with E-state index in [9.17, 15) is 4.79 Å². The number of piperidine rings is 1. The highest BCUT2D eigenvalue weighted by Gasteiger charge is 2.02. The number of aromatic carboxylic acids is 1. The first-order chi connectivity index (χ1) is 10.3. The van der Waals surface area contributed by atoms with E-state index in [4.69, 9.17) is 5.11 Å². The second-order valence-electron chi connectivity index (χ2n) is 5.06. The summed E-state index contributed by atoms with van der Waals surface area (Å²) in [6.45, 7) is 2.50. The lowest BCUT2D eigenvalue weighted by molar-refractivity contribution is 0.0697. The standard InChI is InChI=1S/C13H10O2.C5H11N/c14-13(15)12-8-6-11(7-9-12)10-4-2-1-3-5-10;1-2-4-6-5-3-1/h1-9H,(H,14,15);6H,1-5H2. The van der Waals surface area contributed by atoms with Crippen molar-refractivity contribution in [3.8, 4) is 11.1 Å². The molecule has 0 aromatic heterocycles. The van der Waals surface area contributed by atoms with E-state index in [1.54, 1.807) is 12.1 Å². The third kappa shape index (κ3) is 5.04. The highest BCUT2D eigenvalue weighted by Crippen LogP contribution is 2.18. The molecule has 0 spiro atoms. The predicted molar refractivity (Wildman–Crippen MR) is 85.6 cm³/mol. The zero-order chi connectivity index (χ0) is 14.9. The van der Waals surface area contributed by atoms with Crippen LogP contribution in [0.25, 0.3) is 11.1 Å². The minimum absolute atomic E-state index is 0.315. The number of hydrogen-bond donors (Lipinski definition) is 2. The fraction of sp³-hybridized carbons (Fsp3) is 0.278. The summed E-state index contributed by atoms with van der Waals surface area (Å²) in [6.07, 6.45) is 4.22. The van der Waals surface area contributed by atoms with Crippen molar-refractivity contribution in [3.63, 3.8) is 0 Å². The van der Waals surface area contributed by atoms with Gasteiger partial charge in [-0.3, -0.25) is 0 Å². The van der Waals surface area contributed by atoms with Crippen LogP contribution in [0.2, 0.25) is 0 Å². The average Bonchev–Trinajstić information content (AvgIpc) is 2.58. The van der Waals surface area contributed by atoms with Crippen LogP contribution in [-0.4, -0.2) is 24.2 Å². The molecule has 2 N–H and O–H groups in total. The molecule has 1 fully saturated rings. The number of hydrogen-bond acceptors (Lipinski definition) is 2. The van der Waals surface area contributed by atoms with Gasteiger partial charge in [-0.05, 0) is 49.2 Å². The van der Waals surface area contributed by atoms with Crippen molar-refractivity contribution in [2.24, 2.45) is 0 Å². The van der Waals surface area contributed by atoms with Crippen LogP contribution in [0.3, 0.4) is 0 Å². The Labute approximate surface area is 125 Å². The molecule has 0 radical (unpaired) electrons. The number of carboxylic acids is 1. The topological polar surface area (TPSA) is 49.3 Å². The molecule has 21 heavy (non-hydrogen) atoms. The van der Waals surface area contributed by atoms with Crippen molar-refractivity contribution in [1.29, 1.82) is 0 Å². The Bertz CT molecular complexity index is 534. The molecule has 3 nitrogen and oxygen atoms in total. The van der Waals surface area contributed by atoms with Gasteiger partial charge in [0.1, 0.15) is 0 Å². The molecule has 0 amide bonds. The van der Waals surface area contributed by atoms with Crippen molar-refractivity contribution in [2.45, 2.75) is 19.3 Å². The van der Waals surface area contributed by atoms with E-state index >= 15 is 0 Å². The quantitative estimate of drug-likeness (QED) is 0.881. The second-order valence-corrected chi connectivity index (χ2v) is 5.06. The fourth-order valence-electron chi connectivity index (χ4n) is 2.24. The molecule has 0 atom stereocenters. The van der Waals surface area contributed by atoms with Gasteiger partial charge in [0.2, 0.25) is 0 Å². The highest BCUT2D eigenvalue weighted by molar-refractivity contribution is 5.88. The Kier molecular flexibility index (Phi) is 5.98. The molecule has 1 aliphatic rings. The number of nitrogens with one attached hydrogen (secondary N) is 1. The van der Waals surface area contributed by atoms with Crippen LogP contribution in [0.5, 0.6) is 0 Å². The third-order valence-corrected chi connectivity index (χ3v) is 3.45. The summed E-state index contributed by atoms with van der Waals surface area (Å²) >= 11 is 0. The molecule has 1 saturated heterocycles. The van der Waals surface area contributed by atoms with Gasteiger partial charge >= 0.3 is 5.97 Å². The Balaban J connectivity index is 0.000000225. The molecule has 0 unspecified atom stereocenters. The first-order valence-corrected chi connectivity index (χ1v) is 7.37. The fourth-order valence-corrected chi connectivity index (χ4v) is 2.24. The van der Waals surface area contributed by atoms with Crippen LogP contribution < -0.4 is 5.32 Å². The van der Waals surface area contributed by atoms with E-state index in [-0.39, 0.29) is 0 Å². The summed E-state index contributed by atoms with van der Waals surface area (Å²) in [4.78, 5) is 10.6. The monoisotopic (exact) mass is 283 g/mol. The van der Waals surface area contributed by atoms with Crippen molar-refractivity contribution < 1.29 is 9.90 Å². The maximum absolute atomic E-state index is 10.6. The van der Waals surface area contributed by atoms with Gasteiger partial charge in [0.25, 0.3) is 0 Å². The molecule has 0 bridgehead atoms. The second kappa shape index (κ2) is 8.22. The molecular weight excluding hydrogens is 262 g/mol. The highest BCUT2D eigenvalue weighted by atomic mass is 16.4. The van der Waals surface area contributed by atoms with Crippen molar-refractivity contribution in [3.05, 3.63) is 60.2 Å². The van der Waals surface area contributed by atoms with E-state index in [1.165, 1.54) is 32.4 Å². The molecule has 3 rings (SSSR count). The van der Waals surface area contributed by atoms with Crippen LogP contribution in [0.1, 0.15) is 29.6 Å². The first kappa shape index (κ1) is 15.3. The van der Waals surface area contributed by atoms with Crippen molar-refractivity contribution in [2.75, 3.05) is 13.1 Å². The lowest BCUT2D eigenvalue weighted by Gasteiger charge is -2.08. The molecule has 0 aliphatic carbocycles. The molecule has 2 aromatic rings. The van der Waals surface area contributed by atoms with E-state index in [2.05, 4.69) is 5.32 Å². The molecule has 1 heterocycles. The van der Waals surface area contributed by atoms with Gasteiger partial charge in [0.15, 0.2) is 0 Å². The number of carbonyl (C=O) groups is 1. The van der Waals surface area contributed by atoms with E-state index < -0.39 is 5.97 Å². The molecular formula is C18H21NO2. The summed E-state index contributed by atoms with van der Waals surface area (Å²) < 4.78 is 0. The number of benzene rings is 2. The SMILES string of the molecule is C1CCNCC1.O=C(O)c1ccc(-c2ccccc2)cc1. The van der Waals surface area contributed by atoms with Crippen LogP contribution >= 0.6 is 0 Å². The number of carboxylic acid groups (broad SMARTS) is 1. The molecule has 0 saturated carbocycles. The van der Waals surface area contributed by atoms with Crippen LogP contribution in [0.15, 0.2) is 54.6 Å². The predicted octanol–water partition coefficient (Wildman–Crippen LogP) is 3.81. The Morgan fingerprint density at radius 2 is 1.38 bits per heavy atom. The van der Waals surface area contributed by atoms with E-state index in [0.717, 1.165) is 11.1 Å². The van der Waals surface area contributed by atoms with Crippen LogP contribution in [0, 0.1) is 0 Å². The minimum atomic E-state index is -0.894. The zero-order valence-electron chi connectivity index (χ0n) is 12.1. The molecule has 110 valence electrons. The Morgan fingerprint density at radius 1 is 0.810 bits per heavy atom. The summed E-state index contributed by atoms with van der Waals surface area (Å²) in [5, 5.41) is 12.0. The first-order valence-electron chi connectivity index (χ1n) is 7.37. The minimum Gasteiger partial charge on any atom is -0.478 e. The van der Waals surface area contributed by atoms with Crippen LogP contribution in [0.4, 0.5) is 0 Å². The summed E-state index contributed by atoms with van der Waals surface area (Å²) in [6, 6.07) is 16.7. The van der Waals surface area contributed by atoms with Gasteiger partial charge in [0, 0.05) is 0 Å². The molecule has 1 aliphatic heterocycles. The number of rotatable bonds is 2. The van der Waals surface area contributed by atoms with Crippen LogP contribution in [-0.2, 0) is 0 Å². The van der Waals surface area contributed by atoms with Gasteiger partial charge in [-0.2, -0.15) is 0 Å². The van der Waals surface area contributed by atoms with Crippen molar-refractivity contribution >= 4 is 5.97 Å². The maximum atomic E-state index is 10.6. The van der Waals surface area contributed by atoms with Gasteiger partial charge in [-0.25, -0.2) is 4.79 Å². The van der Waals surface area contributed by atoms with Gasteiger partial charge in [-0.15, -0.1) is 0 Å². The molecule has 2 aromatic carbocycles. The zero-order valence-corrected chi connectivity index (χ0v) is 12.1. The summed E-state index contributed by atoms with van der Waals surface area (Å²) in [7, 11) is 0. The average molecular weight is 283 g/mol. The lowest BCUT2D eigenvalue weighted by atomic mass is 10.0. The van der Waals surface area contributed by atoms with Gasteiger partial charge < -0.3 is 10.4 Å².